The van der Waals surface area contributed by atoms with E-state index in [4.69, 9.17) is 9.47 Å². The van der Waals surface area contributed by atoms with E-state index in [1.54, 1.807) is 48.5 Å². The number of hydrogen-bond donors (Lipinski definition) is 2. The molecule has 2 aromatic carbocycles. The van der Waals surface area contributed by atoms with Crippen molar-refractivity contribution >= 4 is 22.4 Å². The summed E-state index contributed by atoms with van der Waals surface area (Å²) < 4.78 is 11.1. The zero-order valence-electron chi connectivity index (χ0n) is 15.7. The summed E-state index contributed by atoms with van der Waals surface area (Å²) in [5, 5.41) is 0. The zero-order valence-corrected chi connectivity index (χ0v) is 17.7. The van der Waals surface area contributed by atoms with Crippen LogP contribution in [0.25, 0.3) is 0 Å². The molecule has 2 N–H and O–H groups in total. The van der Waals surface area contributed by atoms with Crippen LogP contribution in [0.15, 0.2) is 48.5 Å². The average Bonchev–Trinajstić information content (AvgIpc) is 2.57. The van der Waals surface area contributed by atoms with E-state index < -0.39 is 16.6 Å². The maximum atomic E-state index is 12.6. The molecule has 0 atom stereocenters. The first-order valence-corrected chi connectivity index (χ1v) is 14.8. The quantitative estimate of drug-likeness (QED) is 0.535. The largest absolute Gasteiger partial charge is 0.494 e. The van der Waals surface area contributed by atoms with Crippen LogP contribution in [0.4, 0.5) is 0 Å². The highest BCUT2D eigenvalue weighted by atomic mass is 28.4. The Hall–Kier alpha value is -1.94. The van der Waals surface area contributed by atoms with Crippen molar-refractivity contribution < 1.29 is 23.9 Å². The van der Waals surface area contributed by atoms with E-state index >= 15 is 0 Å². The molecular weight excluding hydrogens is 364 g/mol. The Morgan fingerprint density at radius 3 is 1.31 bits per heavy atom. The molecule has 0 fully saturated rings. The van der Waals surface area contributed by atoms with E-state index in [9.17, 15) is 14.4 Å². The lowest BCUT2D eigenvalue weighted by atomic mass is 10.0. The summed E-state index contributed by atoms with van der Waals surface area (Å²) in [5.41, 5.74) is 1.13. The molecule has 0 unspecified atom stereocenters. The lowest BCUT2D eigenvalue weighted by Gasteiger charge is -2.15. The lowest BCUT2D eigenvalue weighted by molar-refractivity contribution is 0.103. The molecule has 0 aliphatic carbocycles. The van der Waals surface area contributed by atoms with Gasteiger partial charge < -0.3 is 19.1 Å². The second kappa shape index (κ2) is 8.17. The maximum absolute atomic E-state index is 12.6. The molecule has 2 aromatic rings. The van der Waals surface area contributed by atoms with E-state index in [0.717, 1.165) is 0 Å². The molecule has 0 aliphatic rings. The van der Waals surface area contributed by atoms with Gasteiger partial charge >= 0.3 is 0 Å². The third kappa shape index (κ3) is 6.76. The topological polar surface area (TPSA) is 76.0 Å². The minimum Gasteiger partial charge on any atom is -0.494 e. The molecular formula is C19H26O5Si2. The van der Waals surface area contributed by atoms with Crippen LogP contribution in [-0.2, 0) is 0 Å². The Labute approximate surface area is 156 Å². The van der Waals surface area contributed by atoms with Crippen molar-refractivity contribution in [1.82, 2.24) is 0 Å². The first-order valence-electron chi connectivity index (χ1n) is 8.49. The highest BCUT2D eigenvalue weighted by Crippen LogP contribution is 2.19. The maximum Gasteiger partial charge on any atom is 0.220 e. The van der Waals surface area contributed by atoms with Gasteiger partial charge in [0, 0.05) is 11.1 Å². The second-order valence-corrected chi connectivity index (χ2v) is 15.4. The number of carbonyl (C=O) groups excluding carboxylic acids is 1. The van der Waals surface area contributed by atoms with Gasteiger partial charge in [0.2, 0.25) is 16.6 Å². The number of benzene rings is 2. The first-order chi connectivity index (χ1) is 12.0. The predicted octanol–water partition coefficient (Wildman–Crippen LogP) is 3.15. The molecule has 0 aliphatic heterocycles. The minimum absolute atomic E-state index is 0.0863. The van der Waals surface area contributed by atoms with Crippen LogP contribution in [0.5, 0.6) is 11.5 Å². The van der Waals surface area contributed by atoms with Gasteiger partial charge in [-0.25, -0.2) is 0 Å². The molecule has 7 heteroatoms. The normalized spacial score (nSPS) is 11.9. The van der Waals surface area contributed by atoms with Crippen molar-refractivity contribution in [3.63, 3.8) is 0 Å². The SMILES string of the molecule is C[Si](C)(O)COc1ccc(C(=O)c2ccc(OC[Si](C)(C)O)cc2)cc1. The summed E-state index contributed by atoms with van der Waals surface area (Å²) in [6.45, 7) is 7.23. The summed E-state index contributed by atoms with van der Waals surface area (Å²) in [7, 11) is -4.53. The van der Waals surface area contributed by atoms with Gasteiger partial charge in [-0.05, 0) is 74.7 Å². The van der Waals surface area contributed by atoms with Gasteiger partial charge in [0.15, 0.2) is 5.78 Å². The molecule has 0 aromatic heterocycles. The number of carbonyl (C=O) groups is 1. The zero-order chi connectivity index (χ0) is 19.4. The van der Waals surface area contributed by atoms with Gasteiger partial charge in [-0.15, -0.1) is 0 Å². The van der Waals surface area contributed by atoms with Crippen LogP contribution in [0.3, 0.4) is 0 Å². The molecule has 0 heterocycles. The second-order valence-electron chi connectivity index (χ2n) is 7.58. The Kier molecular flexibility index (Phi) is 6.41. The predicted molar refractivity (Wildman–Crippen MR) is 107 cm³/mol. The molecule has 0 spiro atoms. The van der Waals surface area contributed by atoms with E-state index in [1.807, 2.05) is 26.2 Å². The van der Waals surface area contributed by atoms with Crippen LogP contribution in [-0.4, -0.2) is 44.5 Å². The van der Waals surface area contributed by atoms with E-state index in [2.05, 4.69) is 0 Å². The molecule has 5 nitrogen and oxygen atoms in total. The Balaban J connectivity index is 2.00. The fourth-order valence-electron chi connectivity index (χ4n) is 2.09. The van der Waals surface area contributed by atoms with Crippen molar-refractivity contribution in [1.29, 1.82) is 0 Å². The van der Waals surface area contributed by atoms with Crippen molar-refractivity contribution in [2.45, 2.75) is 26.2 Å². The summed E-state index contributed by atoms with van der Waals surface area (Å²) in [6.07, 6.45) is 0.629. The van der Waals surface area contributed by atoms with Crippen molar-refractivity contribution in [2.24, 2.45) is 0 Å². The number of ether oxygens (including phenoxy) is 2. The Bertz CT molecular complexity index is 665. The monoisotopic (exact) mass is 390 g/mol. The van der Waals surface area contributed by atoms with Gasteiger partial charge in [-0.1, -0.05) is 0 Å². The summed E-state index contributed by atoms with van der Waals surface area (Å²) in [4.78, 5) is 32.2. The van der Waals surface area contributed by atoms with E-state index in [-0.39, 0.29) is 5.78 Å². The summed E-state index contributed by atoms with van der Waals surface area (Å²) in [5.74, 6) is 1.18. The molecule has 140 valence electrons. The highest BCUT2D eigenvalue weighted by molar-refractivity contribution is 6.70. The van der Waals surface area contributed by atoms with Crippen LogP contribution in [0.2, 0.25) is 26.2 Å². The summed E-state index contributed by atoms with van der Waals surface area (Å²) in [6, 6.07) is 13.8. The van der Waals surface area contributed by atoms with Gasteiger partial charge in [0.05, 0.1) is 0 Å². The Morgan fingerprint density at radius 1 is 0.731 bits per heavy atom. The third-order valence-corrected chi connectivity index (χ3v) is 5.12. The van der Waals surface area contributed by atoms with Gasteiger partial charge in [-0.3, -0.25) is 4.79 Å². The van der Waals surface area contributed by atoms with E-state index in [1.165, 1.54) is 0 Å². The molecule has 0 radical (unpaired) electrons. The lowest BCUT2D eigenvalue weighted by Crippen LogP contribution is -2.34. The van der Waals surface area contributed by atoms with Crippen LogP contribution < -0.4 is 9.47 Å². The van der Waals surface area contributed by atoms with Gasteiger partial charge in [-0.2, -0.15) is 0 Å². The number of hydrogen-bond acceptors (Lipinski definition) is 5. The fraction of sp³-hybridized carbons (Fsp3) is 0.316. The third-order valence-electron chi connectivity index (χ3n) is 3.42. The van der Waals surface area contributed by atoms with Crippen LogP contribution >= 0.6 is 0 Å². The standard InChI is InChI=1S/C19H26O5Si2/c1-25(2,21)13-23-17-9-5-15(6-10-17)19(20)16-7-11-18(12-8-16)24-14-26(3,4)22/h5-12,21-22H,13-14H2,1-4H3. The molecule has 0 amide bonds. The fourth-order valence-corrected chi connectivity index (χ4v) is 3.13. The Morgan fingerprint density at radius 2 is 1.04 bits per heavy atom. The molecule has 0 saturated carbocycles. The highest BCUT2D eigenvalue weighted by Gasteiger charge is 2.19. The average molecular weight is 391 g/mol. The number of rotatable bonds is 8. The number of ketones is 1. The molecule has 2 rings (SSSR count). The van der Waals surface area contributed by atoms with Gasteiger partial charge in [0.25, 0.3) is 0 Å². The summed E-state index contributed by atoms with van der Waals surface area (Å²) >= 11 is 0. The van der Waals surface area contributed by atoms with Crippen molar-refractivity contribution in [3.8, 4) is 11.5 Å². The minimum atomic E-state index is -2.27. The first kappa shape index (κ1) is 20.4. The van der Waals surface area contributed by atoms with Crippen LogP contribution in [0, 0.1) is 0 Å². The molecule has 0 saturated heterocycles. The van der Waals surface area contributed by atoms with Gasteiger partial charge in [0.1, 0.15) is 24.0 Å². The smallest absolute Gasteiger partial charge is 0.220 e. The van der Waals surface area contributed by atoms with Crippen molar-refractivity contribution in [3.05, 3.63) is 59.7 Å². The molecule has 0 bridgehead atoms. The molecule has 26 heavy (non-hydrogen) atoms. The van der Waals surface area contributed by atoms with E-state index in [0.29, 0.717) is 35.1 Å². The van der Waals surface area contributed by atoms with Crippen molar-refractivity contribution in [2.75, 3.05) is 12.5 Å². The van der Waals surface area contributed by atoms with Crippen LogP contribution in [0.1, 0.15) is 15.9 Å².